The van der Waals surface area contributed by atoms with Gasteiger partial charge in [0.15, 0.2) is 0 Å². The fourth-order valence-electron chi connectivity index (χ4n) is 2.06. The molecule has 0 aromatic heterocycles. The van der Waals surface area contributed by atoms with E-state index in [1.807, 2.05) is 0 Å². The van der Waals surface area contributed by atoms with Crippen LogP contribution >= 0.6 is 0 Å². The average molecular weight is 249 g/mol. The molecule has 5 nitrogen and oxygen atoms in total. The summed E-state index contributed by atoms with van der Waals surface area (Å²) < 4.78 is 5.26. The van der Waals surface area contributed by atoms with Crippen LogP contribution in [0.4, 0.5) is 5.69 Å². The molecule has 0 atom stereocenters. The molecule has 1 amide bonds. The van der Waals surface area contributed by atoms with Gasteiger partial charge in [-0.3, -0.25) is 4.79 Å². The summed E-state index contributed by atoms with van der Waals surface area (Å²) in [5, 5.41) is 9.14. The highest BCUT2D eigenvalue weighted by Gasteiger charge is 2.23. The van der Waals surface area contributed by atoms with Gasteiger partial charge in [0.1, 0.15) is 11.3 Å². The van der Waals surface area contributed by atoms with Gasteiger partial charge in [0.2, 0.25) is 5.91 Å². The van der Waals surface area contributed by atoms with Crippen molar-refractivity contribution in [2.24, 2.45) is 0 Å². The Morgan fingerprint density at radius 1 is 1.50 bits per heavy atom. The highest BCUT2D eigenvalue weighted by Crippen LogP contribution is 2.28. The Morgan fingerprint density at radius 2 is 2.28 bits per heavy atom. The summed E-state index contributed by atoms with van der Waals surface area (Å²) in [6, 6.07) is 4.82. The van der Waals surface area contributed by atoms with Gasteiger partial charge < -0.3 is 14.7 Å². The Labute approximate surface area is 105 Å². The van der Waals surface area contributed by atoms with Crippen molar-refractivity contribution in [3.05, 3.63) is 23.8 Å². The first-order chi connectivity index (χ1) is 8.63. The van der Waals surface area contributed by atoms with Crippen LogP contribution in [0.15, 0.2) is 18.2 Å². The van der Waals surface area contributed by atoms with Gasteiger partial charge in [-0.1, -0.05) is 0 Å². The van der Waals surface area contributed by atoms with Crippen molar-refractivity contribution in [2.45, 2.75) is 19.8 Å². The van der Waals surface area contributed by atoms with Crippen LogP contribution in [-0.4, -0.2) is 30.1 Å². The largest absolute Gasteiger partial charge is 0.493 e. The van der Waals surface area contributed by atoms with Crippen molar-refractivity contribution in [1.29, 1.82) is 0 Å². The number of carboxylic acid groups (broad SMARTS) is 1. The van der Waals surface area contributed by atoms with E-state index in [2.05, 4.69) is 0 Å². The van der Waals surface area contributed by atoms with Crippen molar-refractivity contribution in [3.8, 4) is 5.75 Å². The standard InChI is InChI=1S/C13H15NO4/c1-2-18-11-6-5-9(8-10(11)13(16)17)14-7-3-4-12(14)15/h5-6,8H,2-4,7H2,1H3,(H,16,17). The van der Waals surface area contributed by atoms with E-state index < -0.39 is 5.97 Å². The van der Waals surface area contributed by atoms with Gasteiger partial charge >= 0.3 is 5.97 Å². The van der Waals surface area contributed by atoms with E-state index in [9.17, 15) is 9.59 Å². The molecule has 5 heteroatoms. The molecule has 1 fully saturated rings. The number of carbonyl (C=O) groups excluding carboxylic acids is 1. The number of carboxylic acids is 1. The maximum Gasteiger partial charge on any atom is 0.339 e. The van der Waals surface area contributed by atoms with E-state index in [-0.39, 0.29) is 11.5 Å². The molecule has 1 aliphatic rings. The lowest BCUT2D eigenvalue weighted by atomic mass is 10.1. The van der Waals surface area contributed by atoms with Crippen LogP contribution in [0.3, 0.4) is 0 Å². The van der Waals surface area contributed by atoms with E-state index in [1.54, 1.807) is 24.0 Å². The molecule has 0 unspecified atom stereocenters. The lowest BCUT2D eigenvalue weighted by molar-refractivity contribution is -0.117. The Kier molecular flexibility index (Phi) is 3.50. The van der Waals surface area contributed by atoms with Crippen molar-refractivity contribution in [2.75, 3.05) is 18.1 Å². The number of anilines is 1. The molecular weight excluding hydrogens is 234 g/mol. The van der Waals surface area contributed by atoms with Gasteiger partial charge in [-0.15, -0.1) is 0 Å². The minimum absolute atomic E-state index is 0.0375. The number of ether oxygens (including phenoxy) is 1. The summed E-state index contributed by atoms with van der Waals surface area (Å²) in [6.45, 7) is 2.84. The van der Waals surface area contributed by atoms with E-state index in [4.69, 9.17) is 9.84 Å². The molecule has 96 valence electrons. The van der Waals surface area contributed by atoms with Crippen LogP contribution in [0, 0.1) is 0 Å². The fraction of sp³-hybridized carbons (Fsp3) is 0.385. The number of hydrogen-bond donors (Lipinski definition) is 1. The third kappa shape index (κ3) is 2.30. The van der Waals surface area contributed by atoms with Gasteiger partial charge in [-0.25, -0.2) is 4.79 Å². The van der Waals surface area contributed by atoms with Gasteiger partial charge in [0.05, 0.1) is 6.61 Å². The molecule has 0 aliphatic carbocycles. The summed E-state index contributed by atoms with van der Waals surface area (Å²) in [6.07, 6.45) is 1.34. The fourth-order valence-corrected chi connectivity index (χ4v) is 2.06. The molecule has 1 aromatic carbocycles. The van der Waals surface area contributed by atoms with Crippen LogP contribution in [0.5, 0.6) is 5.75 Å². The average Bonchev–Trinajstić information content (AvgIpc) is 2.76. The zero-order chi connectivity index (χ0) is 13.1. The highest BCUT2D eigenvalue weighted by molar-refractivity contribution is 5.98. The summed E-state index contributed by atoms with van der Waals surface area (Å²) in [4.78, 5) is 24.4. The van der Waals surface area contributed by atoms with Crippen LogP contribution in [0.1, 0.15) is 30.1 Å². The lowest BCUT2D eigenvalue weighted by Crippen LogP contribution is -2.24. The van der Waals surface area contributed by atoms with Crippen LogP contribution < -0.4 is 9.64 Å². The first-order valence-corrected chi connectivity index (χ1v) is 5.94. The maximum absolute atomic E-state index is 11.6. The first-order valence-electron chi connectivity index (χ1n) is 5.94. The molecule has 1 heterocycles. The Balaban J connectivity index is 2.36. The molecular formula is C13H15NO4. The molecule has 2 rings (SSSR count). The Bertz CT molecular complexity index is 484. The number of rotatable bonds is 4. The topological polar surface area (TPSA) is 66.8 Å². The summed E-state index contributed by atoms with van der Waals surface area (Å²) >= 11 is 0. The van der Waals surface area contributed by atoms with Gasteiger partial charge in [-0.2, -0.15) is 0 Å². The number of hydrogen-bond acceptors (Lipinski definition) is 3. The molecule has 18 heavy (non-hydrogen) atoms. The van der Waals surface area contributed by atoms with E-state index in [1.165, 1.54) is 6.07 Å². The Hall–Kier alpha value is -2.04. The molecule has 1 N–H and O–H groups in total. The quantitative estimate of drug-likeness (QED) is 0.885. The summed E-state index contributed by atoms with van der Waals surface area (Å²) in [7, 11) is 0. The maximum atomic E-state index is 11.6. The number of nitrogens with zero attached hydrogens (tertiary/aromatic N) is 1. The van der Waals surface area contributed by atoms with Gasteiger partial charge in [-0.05, 0) is 31.5 Å². The van der Waals surface area contributed by atoms with Crippen molar-refractivity contribution in [3.63, 3.8) is 0 Å². The number of aromatic carboxylic acids is 1. The molecule has 0 saturated carbocycles. The van der Waals surface area contributed by atoms with Gasteiger partial charge in [0.25, 0.3) is 0 Å². The third-order valence-corrected chi connectivity index (χ3v) is 2.88. The number of carbonyl (C=O) groups is 2. The number of benzene rings is 1. The van der Waals surface area contributed by atoms with Crippen molar-refractivity contribution >= 4 is 17.6 Å². The normalized spacial score (nSPS) is 14.9. The van der Waals surface area contributed by atoms with E-state index in [0.29, 0.717) is 31.0 Å². The molecule has 1 saturated heterocycles. The van der Waals surface area contributed by atoms with E-state index in [0.717, 1.165) is 6.42 Å². The third-order valence-electron chi connectivity index (χ3n) is 2.88. The van der Waals surface area contributed by atoms with E-state index >= 15 is 0 Å². The monoisotopic (exact) mass is 249 g/mol. The predicted molar refractivity (Wildman–Crippen MR) is 66.2 cm³/mol. The molecule has 0 radical (unpaired) electrons. The predicted octanol–water partition coefficient (Wildman–Crippen LogP) is 1.91. The number of amides is 1. The minimum atomic E-state index is -1.05. The molecule has 0 bridgehead atoms. The second kappa shape index (κ2) is 5.08. The van der Waals surface area contributed by atoms with Crippen LogP contribution in [-0.2, 0) is 4.79 Å². The smallest absolute Gasteiger partial charge is 0.339 e. The van der Waals surface area contributed by atoms with Crippen molar-refractivity contribution in [1.82, 2.24) is 0 Å². The highest BCUT2D eigenvalue weighted by atomic mass is 16.5. The summed E-state index contributed by atoms with van der Waals surface area (Å²) in [5.41, 5.74) is 0.715. The van der Waals surface area contributed by atoms with Crippen molar-refractivity contribution < 1.29 is 19.4 Å². The lowest BCUT2D eigenvalue weighted by Gasteiger charge is -2.17. The second-order valence-corrected chi connectivity index (χ2v) is 4.07. The SMILES string of the molecule is CCOc1ccc(N2CCCC2=O)cc1C(=O)O. The van der Waals surface area contributed by atoms with Gasteiger partial charge in [0, 0.05) is 18.7 Å². The minimum Gasteiger partial charge on any atom is -0.493 e. The first kappa shape index (κ1) is 12.4. The zero-order valence-corrected chi connectivity index (χ0v) is 10.2. The molecule has 1 aliphatic heterocycles. The Morgan fingerprint density at radius 3 is 2.83 bits per heavy atom. The van der Waals surface area contributed by atoms with Crippen LogP contribution in [0.2, 0.25) is 0 Å². The summed E-state index contributed by atoms with van der Waals surface area (Å²) in [5.74, 6) is -0.678. The zero-order valence-electron chi connectivity index (χ0n) is 10.2. The second-order valence-electron chi connectivity index (χ2n) is 4.07. The molecule has 1 aromatic rings. The van der Waals surface area contributed by atoms with Crippen LogP contribution in [0.25, 0.3) is 0 Å². The molecule has 0 spiro atoms.